The van der Waals surface area contributed by atoms with Crippen LogP contribution in [0, 0.1) is 6.92 Å². The summed E-state index contributed by atoms with van der Waals surface area (Å²) in [5.74, 6) is 0.890. The highest BCUT2D eigenvalue weighted by molar-refractivity contribution is 5.76. The number of imidazole rings is 1. The number of aromatic nitrogens is 4. The Labute approximate surface area is 137 Å². The van der Waals surface area contributed by atoms with Crippen molar-refractivity contribution in [2.24, 2.45) is 0 Å². The van der Waals surface area contributed by atoms with Crippen LogP contribution >= 0.6 is 0 Å². The highest BCUT2D eigenvalue weighted by Gasteiger charge is 2.15. The van der Waals surface area contributed by atoms with Gasteiger partial charge in [-0.05, 0) is 44.4 Å². The van der Waals surface area contributed by atoms with E-state index in [9.17, 15) is 9.59 Å². The minimum Gasteiger partial charge on any atom is -0.345 e. The van der Waals surface area contributed by atoms with E-state index in [0.29, 0.717) is 24.6 Å². The van der Waals surface area contributed by atoms with E-state index in [0.717, 1.165) is 23.0 Å². The van der Waals surface area contributed by atoms with Crippen LogP contribution in [0.4, 0.5) is 0 Å². The first kappa shape index (κ1) is 16.0. The minimum atomic E-state index is -0.306. The van der Waals surface area contributed by atoms with Gasteiger partial charge in [-0.1, -0.05) is 11.2 Å². The SMILES string of the molecule is Cc1noc(C(C)NC(=O)CCCc2ccc3[nH]c(=O)[nH]c3c2)n1. The van der Waals surface area contributed by atoms with Crippen molar-refractivity contribution in [1.82, 2.24) is 25.4 Å². The first-order valence-electron chi connectivity index (χ1n) is 7.82. The van der Waals surface area contributed by atoms with E-state index in [1.807, 2.05) is 18.2 Å². The molecule has 1 unspecified atom stereocenters. The Hall–Kier alpha value is -2.90. The van der Waals surface area contributed by atoms with Crippen LogP contribution in [0.1, 0.15) is 43.1 Å². The lowest BCUT2D eigenvalue weighted by Gasteiger charge is -2.09. The van der Waals surface area contributed by atoms with E-state index in [4.69, 9.17) is 4.52 Å². The molecule has 3 aromatic rings. The van der Waals surface area contributed by atoms with Gasteiger partial charge in [0.25, 0.3) is 0 Å². The third-order valence-electron chi connectivity index (χ3n) is 3.74. The second kappa shape index (κ2) is 6.69. The van der Waals surface area contributed by atoms with Crippen molar-refractivity contribution in [2.75, 3.05) is 0 Å². The highest BCUT2D eigenvalue weighted by Crippen LogP contribution is 2.13. The van der Waals surface area contributed by atoms with Crippen LogP contribution in [0.15, 0.2) is 27.5 Å². The van der Waals surface area contributed by atoms with Crippen molar-refractivity contribution in [2.45, 2.75) is 39.2 Å². The molecule has 0 fully saturated rings. The summed E-state index contributed by atoms with van der Waals surface area (Å²) in [5, 5.41) is 6.55. The summed E-state index contributed by atoms with van der Waals surface area (Å²) in [7, 11) is 0. The fourth-order valence-electron chi connectivity index (χ4n) is 2.55. The quantitative estimate of drug-likeness (QED) is 0.637. The number of nitrogens with one attached hydrogen (secondary N) is 3. The Morgan fingerprint density at radius 1 is 1.33 bits per heavy atom. The molecular weight excluding hydrogens is 310 g/mol. The molecular formula is C16H19N5O3. The average Bonchev–Trinajstić information content (AvgIpc) is 3.11. The Morgan fingerprint density at radius 2 is 2.12 bits per heavy atom. The molecule has 24 heavy (non-hydrogen) atoms. The number of rotatable bonds is 6. The van der Waals surface area contributed by atoms with Crippen molar-refractivity contribution in [3.05, 3.63) is 46.0 Å². The predicted molar refractivity (Wildman–Crippen MR) is 87.5 cm³/mol. The second-order valence-corrected chi connectivity index (χ2v) is 5.78. The number of carbonyl (C=O) groups is 1. The third-order valence-corrected chi connectivity index (χ3v) is 3.74. The number of amides is 1. The molecule has 0 saturated heterocycles. The summed E-state index contributed by atoms with van der Waals surface area (Å²) in [6.45, 7) is 3.54. The standard InChI is InChI=1S/C16H19N5O3/c1-9(15-18-10(2)21-24-15)17-14(22)5-3-4-11-6-7-12-13(8-11)20-16(23)19-12/h6-9H,3-5H2,1-2H3,(H,17,22)(H2,19,20,23). The molecule has 126 valence electrons. The molecule has 3 N–H and O–H groups in total. The van der Waals surface area contributed by atoms with Crippen LogP contribution in [0.2, 0.25) is 0 Å². The molecule has 2 heterocycles. The summed E-state index contributed by atoms with van der Waals surface area (Å²) in [5.41, 5.74) is 2.42. The number of nitrogens with zero attached hydrogens (tertiary/aromatic N) is 2. The summed E-state index contributed by atoms with van der Waals surface area (Å²) in [6.07, 6.45) is 1.87. The molecule has 0 radical (unpaired) electrons. The van der Waals surface area contributed by atoms with Crippen molar-refractivity contribution >= 4 is 16.9 Å². The average molecular weight is 329 g/mol. The maximum absolute atomic E-state index is 12.0. The lowest BCUT2D eigenvalue weighted by Crippen LogP contribution is -2.26. The van der Waals surface area contributed by atoms with Crippen molar-refractivity contribution in [3.8, 4) is 0 Å². The zero-order valence-corrected chi connectivity index (χ0v) is 13.5. The Morgan fingerprint density at radius 3 is 2.88 bits per heavy atom. The smallest absolute Gasteiger partial charge is 0.323 e. The molecule has 0 saturated carbocycles. The molecule has 1 aromatic carbocycles. The van der Waals surface area contributed by atoms with E-state index in [-0.39, 0.29) is 17.6 Å². The van der Waals surface area contributed by atoms with E-state index in [1.54, 1.807) is 13.8 Å². The van der Waals surface area contributed by atoms with Crippen LogP contribution in [-0.4, -0.2) is 26.0 Å². The highest BCUT2D eigenvalue weighted by atomic mass is 16.5. The van der Waals surface area contributed by atoms with E-state index in [2.05, 4.69) is 25.4 Å². The molecule has 8 nitrogen and oxygen atoms in total. The van der Waals surface area contributed by atoms with E-state index < -0.39 is 0 Å². The van der Waals surface area contributed by atoms with Crippen LogP contribution in [0.25, 0.3) is 11.0 Å². The summed E-state index contributed by atoms with van der Waals surface area (Å²) >= 11 is 0. The van der Waals surface area contributed by atoms with Crippen LogP contribution in [0.3, 0.4) is 0 Å². The van der Waals surface area contributed by atoms with Gasteiger partial charge in [0.05, 0.1) is 11.0 Å². The van der Waals surface area contributed by atoms with Crippen LogP contribution in [-0.2, 0) is 11.2 Å². The van der Waals surface area contributed by atoms with Gasteiger partial charge in [-0.15, -0.1) is 0 Å². The van der Waals surface area contributed by atoms with Gasteiger partial charge in [-0.25, -0.2) is 4.79 Å². The number of aromatic amines is 2. The molecule has 8 heteroatoms. The summed E-state index contributed by atoms with van der Waals surface area (Å²) in [6, 6.07) is 5.44. The number of H-pyrrole nitrogens is 2. The predicted octanol–water partition coefficient (Wildman–Crippen LogP) is 1.75. The Balaban J connectivity index is 1.49. The first-order valence-corrected chi connectivity index (χ1v) is 7.82. The monoisotopic (exact) mass is 329 g/mol. The fourth-order valence-corrected chi connectivity index (χ4v) is 2.55. The number of benzene rings is 1. The number of carbonyl (C=O) groups excluding carboxylic acids is 1. The zero-order chi connectivity index (χ0) is 17.1. The van der Waals surface area contributed by atoms with E-state index >= 15 is 0 Å². The van der Waals surface area contributed by atoms with Gasteiger partial charge in [-0.3, -0.25) is 4.79 Å². The summed E-state index contributed by atoms with van der Waals surface area (Å²) in [4.78, 5) is 32.8. The van der Waals surface area contributed by atoms with Gasteiger partial charge in [0.1, 0.15) is 6.04 Å². The number of aryl methyl sites for hydroxylation is 2. The lowest BCUT2D eigenvalue weighted by molar-refractivity contribution is -0.122. The van der Waals surface area contributed by atoms with Crippen molar-refractivity contribution < 1.29 is 9.32 Å². The summed E-state index contributed by atoms with van der Waals surface area (Å²) < 4.78 is 5.04. The first-order chi connectivity index (χ1) is 11.5. The molecule has 0 spiro atoms. The van der Waals surface area contributed by atoms with Crippen LogP contribution < -0.4 is 11.0 Å². The molecule has 0 aliphatic rings. The van der Waals surface area contributed by atoms with Gasteiger partial charge in [-0.2, -0.15) is 4.98 Å². The Kier molecular flexibility index (Phi) is 4.45. The van der Waals surface area contributed by atoms with E-state index in [1.165, 1.54) is 0 Å². The van der Waals surface area contributed by atoms with Gasteiger partial charge in [0.15, 0.2) is 5.82 Å². The molecule has 0 aliphatic carbocycles. The van der Waals surface area contributed by atoms with Gasteiger partial charge < -0.3 is 19.8 Å². The maximum atomic E-state index is 12.0. The zero-order valence-electron chi connectivity index (χ0n) is 13.5. The molecule has 1 amide bonds. The largest absolute Gasteiger partial charge is 0.345 e. The molecule has 1 atom stereocenters. The molecule has 3 rings (SSSR count). The molecule has 0 bridgehead atoms. The van der Waals surface area contributed by atoms with Crippen molar-refractivity contribution in [3.63, 3.8) is 0 Å². The lowest BCUT2D eigenvalue weighted by atomic mass is 10.1. The number of hydrogen-bond donors (Lipinski definition) is 3. The van der Waals surface area contributed by atoms with Crippen LogP contribution in [0.5, 0.6) is 0 Å². The molecule has 0 aliphatic heterocycles. The normalized spacial score (nSPS) is 12.4. The van der Waals surface area contributed by atoms with Gasteiger partial charge in [0.2, 0.25) is 11.8 Å². The van der Waals surface area contributed by atoms with Gasteiger partial charge in [0, 0.05) is 6.42 Å². The van der Waals surface area contributed by atoms with Gasteiger partial charge >= 0.3 is 5.69 Å². The van der Waals surface area contributed by atoms with Crippen molar-refractivity contribution in [1.29, 1.82) is 0 Å². The number of hydrogen-bond acceptors (Lipinski definition) is 5. The number of fused-ring (bicyclic) bond motifs is 1. The Bertz CT molecular complexity index is 908. The third kappa shape index (κ3) is 3.70. The second-order valence-electron chi connectivity index (χ2n) is 5.78. The molecule has 2 aromatic heterocycles. The fraction of sp³-hybridized carbons (Fsp3) is 0.375. The minimum absolute atomic E-state index is 0.0607. The maximum Gasteiger partial charge on any atom is 0.323 e. The topological polar surface area (TPSA) is 117 Å².